The van der Waals surface area contributed by atoms with Gasteiger partial charge >= 0.3 is 6.03 Å². The molecule has 0 saturated heterocycles. The van der Waals surface area contributed by atoms with E-state index in [1.54, 1.807) is 19.3 Å². The fraction of sp³-hybridized carbons (Fsp3) is 0.231. The van der Waals surface area contributed by atoms with Crippen LogP contribution in [0.25, 0.3) is 0 Å². The maximum absolute atomic E-state index is 13.6. The molecule has 2 rings (SSSR count). The SMILES string of the molecule is COc1ccc(CN(C)C(=O)Nc2cn[nH]c2)cc1F. The number of hydrogen-bond acceptors (Lipinski definition) is 3. The summed E-state index contributed by atoms with van der Waals surface area (Å²) in [6.07, 6.45) is 3.07. The summed E-state index contributed by atoms with van der Waals surface area (Å²) in [5.74, 6) is -0.270. The van der Waals surface area contributed by atoms with Crippen LogP contribution in [-0.2, 0) is 6.54 Å². The van der Waals surface area contributed by atoms with E-state index in [4.69, 9.17) is 4.74 Å². The molecule has 0 atom stereocenters. The number of aromatic nitrogens is 2. The van der Waals surface area contributed by atoms with Crippen LogP contribution in [0.4, 0.5) is 14.9 Å². The highest BCUT2D eigenvalue weighted by Crippen LogP contribution is 2.18. The predicted octanol–water partition coefficient (Wildman–Crippen LogP) is 2.22. The minimum absolute atomic E-state index is 0.180. The number of nitrogens with one attached hydrogen (secondary N) is 2. The molecular weight excluding hydrogens is 263 g/mol. The first-order chi connectivity index (χ1) is 9.60. The quantitative estimate of drug-likeness (QED) is 0.901. The fourth-order valence-electron chi connectivity index (χ4n) is 1.69. The number of methoxy groups -OCH3 is 1. The first-order valence-corrected chi connectivity index (χ1v) is 5.93. The van der Waals surface area contributed by atoms with Crippen LogP contribution in [0.3, 0.4) is 0 Å². The second-order valence-electron chi connectivity index (χ2n) is 4.24. The normalized spacial score (nSPS) is 10.2. The van der Waals surface area contributed by atoms with Crippen LogP contribution >= 0.6 is 0 Å². The van der Waals surface area contributed by atoms with Crippen LogP contribution in [0.5, 0.6) is 5.75 Å². The molecular formula is C13H15FN4O2. The Morgan fingerprint density at radius 1 is 1.55 bits per heavy atom. The minimum atomic E-state index is -0.450. The molecule has 6 nitrogen and oxygen atoms in total. The number of urea groups is 1. The lowest BCUT2D eigenvalue weighted by molar-refractivity contribution is 0.220. The van der Waals surface area contributed by atoms with E-state index in [1.165, 1.54) is 30.3 Å². The smallest absolute Gasteiger partial charge is 0.321 e. The summed E-state index contributed by atoms with van der Waals surface area (Å²) in [6, 6.07) is 4.29. The van der Waals surface area contributed by atoms with E-state index in [9.17, 15) is 9.18 Å². The first kappa shape index (κ1) is 13.9. The van der Waals surface area contributed by atoms with Crippen molar-refractivity contribution >= 4 is 11.7 Å². The maximum atomic E-state index is 13.6. The number of ether oxygens (including phenoxy) is 1. The van der Waals surface area contributed by atoms with Crippen molar-refractivity contribution in [3.05, 3.63) is 42.0 Å². The lowest BCUT2D eigenvalue weighted by Crippen LogP contribution is -2.30. The summed E-state index contributed by atoms with van der Waals surface area (Å²) in [5, 5.41) is 8.98. The van der Waals surface area contributed by atoms with Crippen LogP contribution < -0.4 is 10.1 Å². The number of carbonyl (C=O) groups excluding carboxylic acids is 1. The zero-order chi connectivity index (χ0) is 14.5. The Morgan fingerprint density at radius 2 is 2.35 bits per heavy atom. The van der Waals surface area contributed by atoms with Gasteiger partial charge in [-0.1, -0.05) is 6.07 Å². The van der Waals surface area contributed by atoms with Gasteiger partial charge < -0.3 is 15.0 Å². The van der Waals surface area contributed by atoms with Crippen LogP contribution in [0.1, 0.15) is 5.56 Å². The molecule has 1 aromatic carbocycles. The summed E-state index contributed by atoms with van der Waals surface area (Å²) in [6.45, 7) is 0.282. The zero-order valence-corrected chi connectivity index (χ0v) is 11.2. The molecule has 0 aliphatic carbocycles. The maximum Gasteiger partial charge on any atom is 0.321 e. The van der Waals surface area contributed by atoms with Crippen molar-refractivity contribution in [2.24, 2.45) is 0 Å². The highest BCUT2D eigenvalue weighted by Gasteiger charge is 2.11. The molecule has 0 bridgehead atoms. The van der Waals surface area contributed by atoms with Crippen molar-refractivity contribution in [2.75, 3.05) is 19.5 Å². The third kappa shape index (κ3) is 3.25. The van der Waals surface area contributed by atoms with Gasteiger partial charge in [0, 0.05) is 19.8 Å². The topological polar surface area (TPSA) is 70.2 Å². The second-order valence-corrected chi connectivity index (χ2v) is 4.24. The minimum Gasteiger partial charge on any atom is -0.494 e. The highest BCUT2D eigenvalue weighted by atomic mass is 19.1. The molecule has 0 spiro atoms. The number of H-pyrrole nitrogens is 1. The molecule has 20 heavy (non-hydrogen) atoms. The van der Waals surface area contributed by atoms with Crippen molar-refractivity contribution < 1.29 is 13.9 Å². The van der Waals surface area contributed by atoms with Gasteiger partial charge in [-0.3, -0.25) is 5.10 Å². The zero-order valence-electron chi connectivity index (χ0n) is 11.2. The number of aromatic amines is 1. The average Bonchev–Trinajstić information content (AvgIpc) is 2.91. The molecule has 0 radical (unpaired) electrons. The summed E-state index contributed by atoms with van der Waals surface area (Å²) in [5.41, 5.74) is 1.25. The fourth-order valence-corrected chi connectivity index (χ4v) is 1.69. The number of nitrogens with zero attached hydrogens (tertiary/aromatic N) is 2. The van der Waals surface area contributed by atoms with Crippen LogP contribution in [0.15, 0.2) is 30.6 Å². The van der Waals surface area contributed by atoms with Gasteiger partial charge in [-0.15, -0.1) is 0 Å². The Balaban J connectivity index is 1.98. The molecule has 0 fully saturated rings. The molecule has 0 aliphatic heterocycles. The molecule has 2 N–H and O–H groups in total. The van der Waals surface area contributed by atoms with Gasteiger partial charge in [-0.2, -0.15) is 5.10 Å². The van der Waals surface area contributed by atoms with E-state index in [1.807, 2.05) is 0 Å². The summed E-state index contributed by atoms with van der Waals surface area (Å²) < 4.78 is 18.4. The third-order valence-electron chi connectivity index (χ3n) is 2.73. The molecule has 1 heterocycles. The standard InChI is InChI=1S/C13H15FN4O2/c1-18(13(19)17-10-6-15-16-7-10)8-9-3-4-12(20-2)11(14)5-9/h3-7H,8H2,1-2H3,(H,15,16)(H,17,19). The molecule has 7 heteroatoms. The van der Waals surface area contributed by atoms with Crippen molar-refractivity contribution in [3.63, 3.8) is 0 Å². The Kier molecular flexibility index (Phi) is 4.19. The number of hydrogen-bond donors (Lipinski definition) is 2. The van der Waals surface area contributed by atoms with Gasteiger partial charge in [0.05, 0.1) is 19.0 Å². The van der Waals surface area contributed by atoms with E-state index in [0.717, 1.165) is 0 Å². The van der Waals surface area contributed by atoms with E-state index in [-0.39, 0.29) is 18.3 Å². The highest BCUT2D eigenvalue weighted by molar-refractivity contribution is 5.88. The average molecular weight is 278 g/mol. The Hall–Kier alpha value is -2.57. The lowest BCUT2D eigenvalue weighted by atomic mass is 10.2. The van der Waals surface area contributed by atoms with Crippen molar-refractivity contribution in [1.29, 1.82) is 0 Å². The van der Waals surface area contributed by atoms with E-state index >= 15 is 0 Å². The number of rotatable bonds is 4. The van der Waals surface area contributed by atoms with Crippen molar-refractivity contribution in [1.82, 2.24) is 15.1 Å². The lowest BCUT2D eigenvalue weighted by Gasteiger charge is -2.17. The number of anilines is 1. The largest absolute Gasteiger partial charge is 0.494 e. The van der Waals surface area contributed by atoms with Crippen molar-refractivity contribution in [3.8, 4) is 5.75 Å². The van der Waals surface area contributed by atoms with Crippen LogP contribution in [0.2, 0.25) is 0 Å². The van der Waals surface area contributed by atoms with Gasteiger partial charge in [-0.25, -0.2) is 9.18 Å². The van der Waals surface area contributed by atoms with Gasteiger partial charge in [-0.05, 0) is 17.7 Å². The summed E-state index contributed by atoms with van der Waals surface area (Å²) >= 11 is 0. The Morgan fingerprint density at radius 3 is 2.95 bits per heavy atom. The first-order valence-electron chi connectivity index (χ1n) is 5.93. The second kappa shape index (κ2) is 6.05. The van der Waals surface area contributed by atoms with Gasteiger partial charge in [0.15, 0.2) is 11.6 Å². The Labute approximate surface area is 115 Å². The van der Waals surface area contributed by atoms with Crippen LogP contribution in [0, 0.1) is 5.82 Å². The van der Waals surface area contributed by atoms with E-state index in [2.05, 4.69) is 15.5 Å². The number of halogens is 1. The predicted molar refractivity (Wildman–Crippen MR) is 72.0 cm³/mol. The molecule has 1 aromatic heterocycles. The van der Waals surface area contributed by atoms with Gasteiger partial charge in [0.1, 0.15) is 0 Å². The molecule has 0 aliphatic rings. The van der Waals surface area contributed by atoms with E-state index in [0.29, 0.717) is 11.3 Å². The van der Waals surface area contributed by atoms with Crippen LogP contribution in [-0.4, -0.2) is 35.3 Å². The van der Waals surface area contributed by atoms with Gasteiger partial charge in [0.2, 0.25) is 0 Å². The summed E-state index contributed by atoms with van der Waals surface area (Å²) in [7, 11) is 3.03. The monoisotopic (exact) mass is 278 g/mol. The number of amides is 2. The molecule has 106 valence electrons. The summed E-state index contributed by atoms with van der Waals surface area (Å²) in [4.78, 5) is 13.3. The number of carbonyl (C=O) groups is 1. The Bertz CT molecular complexity index is 586. The van der Waals surface area contributed by atoms with E-state index < -0.39 is 5.82 Å². The third-order valence-corrected chi connectivity index (χ3v) is 2.73. The molecule has 0 saturated carbocycles. The van der Waals surface area contributed by atoms with Crippen molar-refractivity contribution in [2.45, 2.75) is 6.54 Å². The molecule has 2 aromatic rings. The molecule has 2 amide bonds. The number of benzene rings is 1. The molecule has 0 unspecified atom stereocenters. The van der Waals surface area contributed by atoms with Gasteiger partial charge in [0.25, 0.3) is 0 Å².